The minimum Gasteiger partial charge on any atom is -0.756 e. The van der Waals surface area contributed by atoms with Crippen LogP contribution in [0.3, 0.4) is 0 Å². The van der Waals surface area contributed by atoms with Gasteiger partial charge in [0.2, 0.25) is 0 Å². The summed E-state index contributed by atoms with van der Waals surface area (Å²) >= 11 is 0. The van der Waals surface area contributed by atoms with E-state index in [0.29, 0.717) is 23.9 Å². The fraction of sp³-hybridized carbons (Fsp3) is 0.647. The summed E-state index contributed by atoms with van der Waals surface area (Å²) in [5.41, 5.74) is 0. The predicted octanol–water partition coefficient (Wildman–Crippen LogP) is 19.1. The molecule has 0 aliphatic heterocycles. The molecule has 0 aromatic heterocycles. The minimum atomic E-state index is -4.65. The van der Waals surface area contributed by atoms with Gasteiger partial charge in [0.25, 0.3) is 7.82 Å². The Morgan fingerprint density at radius 1 is 0.410 bits per heavy atom. The van der Waals surface area contributed by atoms with Gasteiger partial charge in [-0.15, -0.1) is 0 Å². The lowest BCUT2D eigenvalue weighted by Crippen LogP contribution is -2.37. The number of nitrogens with zero attached hydrogens (tertiary/aromatic N) is 1. The van der Waals surface area contributed by atoms with Gasteiger partial charge < -0.3 is 27.9 Å². The minimum absolute atomic E-state index is 0.0396. The smallest absolute Gasteiger partial charge is 0.306 e. The van der Waals surface area contributed by atoms with E-state index in [4.69, 9.17) is 18.5 Å². The molecule has 0 aliphatic rings. The fourth-order valence-electron chi connectivity index (χ4n) is 7.91. The van der Waals surface area contributed by atoms with Crippen molar-refractivity contribution < 1.29 is 42.1 Å². The Labute approximate surface area is 479 Å². The first-order chi connectivity index (χ1) is 38.0. The van der Waals surface area contributed by atoms with Crippen molar-refractivity contribution in [3.63, 3.8) is 0 Å². The van der Waals surface area contributed by atoms with E-state index in [1.807, 2.05) is 21.1 Å². The number of rotatable bonds is 55. The highest BCUT2D eigenvalue weighted by Crippen LogP contribution is 2.38. The first-order valence-corrected chi connectivity index (χ1v) is 32.4. The molecule has 10 heteroatoms. The van der Waals surface area contributed by atoms with Crippen LogP contribution in [0.25, 0.3) is 0 Å². The molecule has 0 N–H and O–H groups in total. The number of unbranched alkanes of at least 4 members (excludes halogenated alkanes) is 19. The van der Waals surface area contributed by atoms with E-state index < -0.39 is 32.5 Å². The molecular formula is C68H114NO8P. The molecule has 0 saturated heterocycles. The van der Waals surface area contributed by atoms with E-state index in [2.05, 4.69) is 148 Å². The highest BCUT2D eigenvalue weighted by molar-refractivity contribution is 7.45. The molecule has 0 heterocycles. The Kier molecular flexibility index (Phi) is 55.0. The third-order valence-electron chi connectivity index (χ3n) is 12.7. The SMILES string of the molecule is CC/C=C\C/C=C\C/C=C\C/C=C\C/C=C\C/C=C\C/C=C\C/C=C\C/C=C\CCCCCCCCCCCCCC(=O)OC(COC(=O)CCCCCCC/C=C\C/C=C\CCCCC)COP(=O)([O-])OCC[N+](C)(C)C. The molecule has 0 saturated carbocycles. The van der Waals surface area contributed by atoms with Crippen LogP contribution in [0.2, 0.25) is 0 Å². The van der Waals surface area contributed by atoms with Gasteiger partial charge in [-0.3, -0.25) is 14.2 Å². The molecule has 0 aromatic carbocycles. The molecule has 0 spiro atoms. The monoisotopic (exact) mass is 1100 g/mol. The van der Waals surface area contributed by atoms with Crippen LogP contribution >= 0.6 is 7.82 Å². The number of hydrogen-bond donors (Lipinski definition) is 0. The number of quaternary nitrogens is 1. The Morgan fingerprint density at radius 2 is 0.731 bits per heavy atom. The lowest BCUT2D eigenvalue weighted by Gasteiger charge is -2.28. The number of esters is 2. The summed E-state index contributed by atoms with van der Waals surface area (Å²) in [6, 6.07) is 0. The fourth-order valence-corrected chi connectivity index (χ4v) is 8.64. The number of ether oxygens (including phenoxy) is 2. The van der Waals surface area contributed by atoms with Crippen LogP contribution in [-0.2, 0) is 32.7 Å². The lowest BCUT2D eigenvalue weighted by atomic mass is 10.0. The number of phosphoric acid groups is 1. The molecule has 2 atom stereocenters. The molecule has 9 nitrogen and oxygen atoms in total. The number of phosphoric ester groups is 1. The number of carbonyl (C=O) groups excluding carboxylic acids is 2. The van der Waals surface area contributed by atoms with Crippen molar-refractivity contribution in [2.24, 2.45) is 0 Å². The van der Waals surface area contributed by atoms with Crippen LogP contribution in [0.4, 0.5) is 0 Å². The summed E-state index contributed by atoms with van der Waals surface area (Å²) in [6.07, 6.45) is 83.7. The molecule has 0 radical (unpaired) electrons. The molecule has 78 heavy (non-hydrogen) atoms. The Bertz CT molecular complexity index is 1780. The largest absolute Gasteiger partial charge is 0.756 e. The average Bonchev–Trinajstić information content (AvgIpc) is 3.41. The molecule has 2 unspecified atom stereocenters. The van der Waals surface area contributed by atoms with E-state index in [0.717, 1.165) is 122 Å². The van der Waals surface area contributed by atoms with Gasteiger partial charge in [-0.1, -0.05) is 237 Å². The topological polar surface area (TPSA) is 111 Å². The zero-order chi connectivity index (χ0) is 57.0. The summed E-state index contributed by atoms with van der Waals surface area (Å²) in [5, 5.41) is 0. The van der Waals surface area contributed by atoms with Crippen molar-refractivity contribution in [1.29, 1.82) is 0 Å². The van der Waals surface area contributed by atoms with Crippen LogP contribution < -0.4 is 4.89 Å². The van der Waals surface area contributed by atoms with Crippen LogP contribution in [-0.4, -0.2) is 70.0 Å². The van der Waals surface area contributed by atoms with Crippen LogP contribution in [0.1, 0.15) is 232 Å². The van der Waals surface area contributed by atoms with Gasteiger partial charge in [0, 0.05) is 12.8 Å². The lowest BCUT2D eigenvalue weighted by molar-refractivity contribution is -0.870. The van der Waals surface area contributed by atoms with Gasteiger partial charge in [-0.25, -0.2) is 0 Å². The van der Waals surface area contributed by atoms with E-state index in [1.54, 1.807) is 0 Å². The molecular weight excluding hydrogens is 990 g/mol. The van der Waals surface area contributed by atoms with Crippen molar-refractivity contribution in [2.45, 2.75) is 238 Å². The summed E-state index contributed by atoms with van der Waals surface area (Å²) in [4.78, 5) is 37.8. The average molecular weight is 1100 g/mol. The van der Waals surface area contributed by atoms with Crippen molar-refractivity contribution in [3.05, 3.63) is 134 Å². The summed E-state index contributed by atoms with van der Waals surface area (Å²) in [6.45, 7) is 4.06. The Morgan fingerprint density at radius 3 is 1.09 bits per heavy atom. The van der Waals surface area contributed by atoms with Gasteiger partial charge in [0.05, 0.1) is 27.7 Å². The van der Waals surface area contributed by atoms with E-state index in [1.165, 1.54) is 70.6 Å². The molecule has 0 bridgehead atoms. The van der Waals surface area contributed by atoms with E-state index in [9.17, 15) is 19.0 Å². The van der Waals surface area contributed by atoms with Gasteiger partial charge in [-0.2, -0.15) is 0 Å². The zero-order valence-corrected chi connectivity index (χ0v) is 51.2. The normalized spacial score (nSPS) is 14.2. The second kappa shape index (κ2) is 57.8. The quantitative estimate of drug-likeness (QED) is 0.0195. The van der Waals surface area contributed by atoms with Gasteiger partial charge in [0.1, 0.15) is 19.8 Å². The zero-order valence-electron chi connectivity index (χ0n) is 50.3. The van der Waals surface area contributed by atoms with Crippen molar-refractivity contribution in [1.82, 2.24) is 0 Å². The van der Waals surface area contributed by atoms with Gasteiger partial charge in [-0.05, 0) is 116 Å². The Hall–Kier alpha value is -3.85. The molecule has 0 fully saturated rings. The van der Waals surface area contributed by atoms with E-state index >= 15 is 0 Å². The molecule has 0 amide bonds. The van der Waals surface area contributed by atoms with Gasteiger partial charge >= 0.3 is 11.9 Å². The number of carbonyl (C=O) groups is 2. The van der Waals surface area contributed by atoms with Crippen LogP contribution in [0.5, 0.6) is 0 Å². The van der Waals surface area contributed by atoms with Crippen LogP contribution in [0, 0.1) is 0 Å². The summed E-state index contributed by atoms with van der Waals surface area (Å²) in [5.74, 6) is -0.859. The number of likely N-dealkylation sites (N-methyl/N-ethyl adjacent to an activating group) is 1. The molecule has 0 aliphatic carbocycles. The van der Waals surface area contributed by atoms with Crippen LogP contribution in [0.15, 0.2) is 134 Å². The maximum atomic E-state index is 12.8. The highest BCUT2D eigenvalue weighted by Gasteiger charge is 2.22. The predicted molar refractivity (Wildman–Crippen MR) is 332 cm³/mol. The molecule has 0 rings (SSSR count). The third-order valence-corrected chi connectivity index (χ3v) is 13.6. The van der Waals surface area contributed by atoms with Crippen molar-refractivity contribution in [3.8, 4) is 0 Å². The second-order valence-corrected chi connectivity index (χ2v) is 22.7. The van der Waals surface area contributed by atoms with Gasteiger partial charge in [0.15, 0.2) is 6.10 Å². The summed E-state index contributed by atoms with van der Waals surface area (Å²) in [7, 11) is 1.14. The number of hydrogen-bond acceptors (Lipinski definition) is 8. The maximum Gasteiger partial charge on any atom is 0.306 e. The third kappa shape index (κ3) is 61.4. The Balaban J connectivity index is 4.10. The maximum absolute atomic E-state index is 12.8. The summed E-state index contributed by atoms with van der Waals surface area (Å²) < 4.78 is 34.1. The molecule has 0 aromatic rings. The first-order valence-electron chi connectivity index (χ1n) is 30.9. The first kappa shape index (κ1) is 74.2. The van der Waals surface area contributed by atoms with Crippen molar-refractivity contribution >= 4 is 19.8 Å². The van der Waals surface area contributed by atoms with Crippen molar-refractivity contribution in [2.75, 3.05) is 47.5 Å². The standard InChI is InChI=1S/C68H114NO8P/c1-6-8-10-12-14-16-18-20-22-23-24-25-26-27-28-29-30-31-32-33-34-35-36-37-38-39-40-41-42-43-44-45-47-49-51-53-55-57-59-61-68(71)77-66(65-76-78(72,73)75-63-62-69(3,4)5)64-74-67(70)60-58-56-54-52-50-48-46-21-19-17-15-13-11-9-7-2/h8,10,14-17,20-22,24-25,27-28,30-31,33-34,36-37,39-40,46,66H,6-7,9,11-13,18-19,23,26,29,32,35,38,41-45,47-65H2,1-5H3/b10-8-,16-14-,17-15-,22-20-,25-24-,28-27-,31-30-,34-33-,37-36-,40-39-,46-21-. The molecule has 444 valence electrons. The number of allylic oxidation sites excluding steroid dienone is 22. The van der Waals surface area contributed by atoms with E-state index in [-0.39, 0.29) is 26.1 Å². The second-order valence-electron chi connectivity index (χ2n) is 21.3. The highest BCUT2D eigenvalue weighted by atomic mass is 31.2.